The van der Waals surface area contributed by atoms with Crippen molar-refractivity contribution in [3.05, 3.63) is 118 Å². The molecule has 4 aliphatic heterocycles. The van der Waals surface area contributed by atoms with E-state index in [1.807, 2.05) is 46.3 Å². The van der Waals surface area contributed by atoms with Gasteiger partial charge in [-0.3, -0.25) is 29.0 Å². The van der Waals surface area contributed by atoms with Crippen LogP contribution in [0.4, 0.5) is 10.1 Å². The van der Waals surface area contributed by atoms with Gasteiger partial charge in [-0.05, 0) is 99.0 Å². The van der Waals surface area contributed by atoms with Crippen molar-refractivity contribution >= 4 is 34.2 Å². The number of aromatic amines is 1. The van der Waals surface area contributed by atoms with Gasteiger partial charge in [0.15, 0.2) is 0 Å². The number of piperazine rings is 2. The second kappa shape index (κ2) is 21.1. The molecule has 16 nitrogen and oxygen atoms in total. The number of anilines is 1. The Hall–Kier alpha value is -6.30. The maximum Gasteiger partial charge on any atom is 0.272 e. The molecule has 5 aliphatic rings. The summed E-state index contributed by atoms with van der Waals surface area (Å²) in [7, 11) is 0. The number of H-pyrrole nitrogens is 1. The lowest BCUT2D eigenvalue weighted by atomic mass is 9.90. The van der Waals surface area contributed by atoms with Crippen LogP contribution in [0.5, 0.6) is 11.6 Å². The van der Waals surface area contributed by atoms with Gasteiger partial charge in [0.05, 0.1) is 41.6 Å². The summed E-state index contributed by atoms with van der Waals surface area (Å²) >= 11 is 0. The fraction of sp³-hybridized carbons (Fsp3) is 0.481. The van der Waals surface area contributed by atoms with Gasteiger partial charge in [-0.25, -0.2) is 9.49 Å². The fourth-order valence-electron chi connectivity index (χ4n) is 10.5. The van der Waals surface area contributed by atoms with E-state index in [1.54, 1.807) is 29.2 Å². The Morgan fingerprint density at radius 2 is 1.54 bits per heavy atom. The molecule has 17 heteroatoms. The van der Waals surface area contributed by atoms with Gasteiger partial charge in [0.25, 0.3) is 11.5 Å². The number of ether oxygens (including phenoxy) is 1. The fourth-order valence-corrected chi connectivity index (χ4v) is 10.5. The summed E-state index contributed by atoms with van der Waals surface area (Å²) in [6, 6.07) is 22.4. The van der Waals surface area contributed by atoms with E-state index in [1.165, 1.54) is 24.5 Å². The van der Waals surface area contributed by atoms with Gasteiger partial charge >= 0.3 is 0 Å². The van der Waals surface area contributed by atoms with E-state index in [0.29, 0.717) is 85.6 Å². The molecular formula is C52H62FN11O5. The number of halogens is 1. The van der Waals surface area contributed by atoms with Crippen molar-refractivity contribution in [3.63, 3.8) is 0 Å². The summed E-state index contributed by atoms with van der Waals surface area (Å²) in [6.07, 6.45) is 8.59. The third kappa shape index (κ3) is 11.4. The van der Waals surface area contributed by atoms with Gasteiger partial charge in [-0.1, -0.05) is 36.4 Å². The molecule has 0 spiro atoms. The van der Waals surface area contributed by atoms with Gasteiger partial charge in [-0.2, -0.15) is 10.2 Å². The molecule has 3 amide bonds. The monoisotopic (exact) mass is 939 g/mol. The number of nitrogens with one attached hydrogen (secondary N) is 2. The summed E-state index contributed by atoms with van der Waals surface area (Å²) < 4.78 is 21.4. The third-order valence-electron chi connectivity index (χ3n) is 14.7. The number of likely N-dealkylation sites (tertiary alicyclic amines) is 2. The standard InChI is InChI=1S/C52H62FN11O5/c53-46-13-10-37(28-47-43-8-1-2-9-44(43)51(67)58-56-47)27-45(46)52(68)63-25-23-62(24-26-63)50(66)35-59-17-14-36(15-18-59)33-60-19-21-61(22-20-60)41-30-48(57-55-31-41)69-42-7-3-5-38(29-42)39-6-4-16-64(34-39)49(65)32-54-40-11-12-40/h1-3,5,7-10,13,27,29-31,36,39-40,54H,4,6,11-12,14-26,28,32-35H2,(H,58,67). The van der Waals surface area contributed by atoms with Crippen LogP contribution in [-0.4, -0.2) is 167 Å². The lowest BCUT2D eigenvalue weighted by Gasteiger charge is -2.40. The number of piperidine rings is 2. The summed E-state index contributed by atoms with van der Waals surface area (Å²) in [5.74, 6) is 1.29. The molecule has 10 rings (SSSR count). The highest BCUT2D eigenvalue weighted by Crippen LogP contribution is 2.32. The van der Waals surface area contributed by atoms with Crippen molar-refractivity contribution in [1.82, 2.24) is 50.2 Å². The number of hydrogen-bond acceptors (Lipinski definition) is 12. The second-order valence-electron chi connectivity index (χ2n) is 19.5. The molecule has 1 atom stereocenters. The van der Waals surface area contributed by atoms with Gasteiger partial charge in [0, 0.05) is 102 Å². The normalized spacial score (nSPS) is 19.8. The SMILES string of the molecule is O=C(CN1CCC(CN2CCN(c3cnnc(Oc4cccc(C5CCCN(C(=O)CNC6CC6)C5)c4)c3)CC2)CC1)N1CCN(C(=O)c2cc(Cc3n[nH]c(=O)c4ccccc34)ccc2F)CC1. The predicted octanol–water partition coefficient (Wildman–Crippen LogP) is 4.51. The molecule has 2 aromatic heterocycles. The van der Waals surface area contributed by atoms with Crippen molar-refractivity contribution in [3.8, 4) is 11.6 Å². The van der Waals surface area contributed by atoms with E-state index in [-0.39, 0.29) is 28.9 Å². The highest BCUT2D eigenvalue weighted by molar-refractivity contribution is 5.95. The lowest BCUT2D eigenvalue weighted by Crippen LogP contribution is -2.53. The number of carbonyl (C=O) groups is 3. The van der Waals surface area contributed by atoms with Crippen LogP contribution in [0, 0.1) is 11.7 Å². The summed E-state index contributed by atoms with van der Waals surface area (Å²) in [6.45, 7) is 10.3. The van der Waals surface area contributed by atoms with Crippen molar-refractivity contribution in [2.24, 2.45) is 5.92 Å². The zero-order valence-electron chi connectivity index (χ0n) is 39.2. The number of amides is 3. The zero-order chi connectivity index (χ0) is 47.3. The Kier molecular flexibility index (Phi) is 14.2. The number of aromatic nitrogens is 4. The topological polar surface area (TPSA) is 163 Å². The Morgan fingerprint density at radius 3 is 2.33 bits per heavy atom. The van der Waals surface area contributed by atoms with Crippen LogP contribution >= 0.6 is 0 Å². The average Bonchev–Trinajstić information content (AvgIpc) is 4.23. The third-order valence-corrected chi connectivity index (χ3v) is 14.7. The predicted molar refractivity (Wildman–Crippen MR) is 260 cm³/mol. The molecule has 5 fully saturated rings. The first-order chi connectivity index (χ1) is 33.7. The quantitative estimate of drug-likeness (QED) is 0.161. The van der Waals surface area contributed by atoms with Crippen LogP contribution in [0.15, 0.2) is 83.8 Å². The second-order valence-corrected chi connectivity index (χ2v) is 19.5. The molecule has 362 valence electrons. The highest BCUT2D eigenvalue weighted by Gasteiger charge is 2.31. The number of rotatable bonds is 14. The van der Waals surface area contributed by atoms with Crippen LogP contribution < -0.4 is 20.5 Å². The summed E-state index contributed by atoms with van der Waals surface area (Å²) in [4.78, 5) is 64.7. The zero-order valence-corrected chi connectivity index (χ0v) is 39.2. The average molecular weight is 940 g/mol. The molecule has 1 unspecified atom stereocenters. The van der Waals surface area contributed by atoms with Crippen LogP contribution in [-0.2, 0) is 16.0 Å². The molecule has 69 heavy (non-hydrogen) atoms. The molecule has 0 bridgehead atoms. The summed E-state index contributed by atoms with van der Waals surface area (Å²) in [5, 5.41) is 20.0. The van der Waals surface area contributed by atoms with Gasteiger partial charge in [0.1, 0.15) is 11.6 Å². The maximum absolute atomic E-state index is 15.1. The van der Waals surface area contributed by atoms with E-state index in [0.717, 1.165) is 96.0 Å². The van der Waals surface area contributed by atoms with Crippen molar-refractivity contribution < 1.29 is 23.5 Å². The van der Waals surface area contributed by atoms with Crippen LogP contribution in [0.1, 0.15) is 71.6 Å². The Morgan fingerprint density at radius 1 is 0.754 bits per heavy atom. The highest BCUT2D eigenvalue weighted by atomic mass is 19.1. The molecule has 4 saturated heterocycles. The minimum absolute atomic E-state index is 0.00941. The van der Waals surface area contributed by atoms with E-state index in [9.17, 15) is 19.2 Å². The van der Waals surface area contributed by atoms with Crippen LogP contribution in [0.3, 0.4) is 0 Å². The molecule has 6 heterocycles. The molecule has 3 aromatic carbocycles. The molecule has 5 aromatic rings. The first-order valence-corrected chi connectivity index (χ1v) is 24.8. The smallest absolute Gasteiger partial charge is 0.272 e. The van der Waals surface area contributed by atoms with Crippen molar-refractivity contribution in [2.75, 3.05) is 103 Å². The van der Waals surface area contributed by atoms with E-state index in [4.69, 9.17) is 4.74 Å². The van der Waals surface area contributed by atoms with Crippen LogP contribution in [0.25, 0.3) is 10.8 Å². The number of fused-ring (bicyclic) bond motifs is 1. The Balaban J connectivity index is 0.636. The molecule has 1 aliphatic carbocycles. The van der Waals surface area contributed by atoms with E-state index >= 15 is 4.39 Å². The van der Waals surface area contributed by atoms with Gasteiger partial charge in [0.2, 0.25) is 17.7 Å². The van der Waals surface area contributed by atoms with Gasteiger partial charge < -0.3 is 29.7 Å². The molecular weight excluding hydrogens is 878 g/mol. The lowest BCUT2D eigenvalue weighted by molar-refractivity contribution is -0.134. The summed E-state index contributed by atoms with van der Waals surface area (Å²) in [5.41, 5.74) is 3.23. The first-order valence-electron chi connectivity index (χ1n) is 24.8. The number of benzene rings is 3. The first kappa shape index (κ1) is 46.4. The number of hydrogen-bond donors (Lipinski definition) is 2. The minimum Gasteiger partial charge on any atom is -0.437 e. The maximum atomic E-state index is 15.1. The van der Waals surface area contributed by atoms with Crippen LogP contribution in [0.2, 0.25) is 0 Å². The largest absolute Gasteiger partial charge is 0.437 e. The number of nitrogens with zero attached hydrogens (tertiary/aromatic N) is 9. The molecule has 1 saturated carbocycles. The Labute approximate surface area is 401 Å². The van der Waals surface area contributed by atoms with Gasteiger partial charge in [-0.15, -0.1) is 5.10 Å². The van der Waals surface area contributed by atoms with Crippen molar-refractivity contribution in [1.29, 1.82) is 0 Å². The molecule has 2 N–H and O–H groups in total. The minimum atomic E-state index is -0.594. The Bertz CT molecular complexity index is 2690. The molecule has 0 radical (unpaired) electrons. The van der Waals surface area contributed by atoms with E-state index < -0.39 is 11.7 Å². The van der Waals surface area contributed by atoms with E-state index in [2.05, 4.69) is 52.5 Å². The van der Waals surface area contributed by atoms with Crippen molar-refractivity contribution in [2.45, 2.75) is 56.9 Å². The number of carbonyl (C=O) groups excluding carboxylic acids is 3.